The maximum absolute atomic E-state index is 11.7. The highest BCUT2D eigenvalue weighted by Crippen LogP contribution is 2.46. The Morgan fingerprint density at radius 1 is 1.28 bits per heavy atom. The summed E-state index contributed by atoms with van der Waals surface area (Å²) < 4.78 is 5.47. The summed E-state index contributed by atoms with van der Waals surface area (Å²) in [5.41, 5.74) is 6.25. The highest BCUT2D eigenvalue weighted by Gasteiger charge is 2.58. The van der Waals surface area contributed by atoms with Crippen molar-refractivity contribution in [2.45, 2.75) is 6.42 Å². The minimum atomic E-state index is -0.0406. The van der Waals surface area contributed by atoms with Crippen molar-refractivity contribution in [1.29, 1.82) is 0 Å². The Morgan fingerprint density at radius 3 is 2.67 bits per heavy atom. The van der Waals surface area contributed by atoms with Gasteiger partial charge in [-0.3, -0.25) is 14.5 Å². The molecule has 1 heterocycles. The van der Waals surface area contributed by atoms with Crippen LogP contribution in [-0.4, -0.2) is 29.9 Å². The zero-order chi connectivity index (χ0) is 12.7. The number of ether oxygens (including phenoxy) is 1. The zero-order valence-electron chi connectivity index (χ0n) is 9.83. The van der Waals surface area contributed by atoms with Gasteiger partial charge in [0.1, 0.15) is 12.4 Å². The van der Waals surface area contributed by atoms with Crippen LogP contribution in [0.5, 0.6) is 5.75 Å². The fourth-order valence-electron chi connectivity index (χ4n) is 2.33. The van der Waals surface area contributed by atoms with Gasteiger partial charge in [-0.25, -0.2) is 0 Å². The molecule has 1 saturated carbocycles. The van der Waals surface area contributed by atoms with Gasteiger partial charge >= 0.3 is 0 Å². The molecule has 0 bridgehead atoms. The number of carbonyl (C=O) groups excluding carboxylic acids is 2. The Hall–Kier alpha value is -2.04. The van der Waals surface area contributed by atoms with E-state index < -0.39 is 0 Å². The van der Waals surface area contributed by atoms with Crippen molar-refractivity contribution < 1.29 is 14.3 Å². The summed E-state index contributed by atoms with van der Waals surface area (Å²) in [4.78, 5) is 24.7. The van der Waals surface area contributed by atoms with Gasteiger partial charge in [0, 0.05) is 11.8 Å². The zero-order valence-corrected chi connectivity index (χ0v) is 9.83. The molecule has 2 atom stereocenters. The average Bonchev–Trinajstić information content (AvgIpc) is 3.09. The summed E-state index contributed by atoms with van der Waals surface area (Å²) in [5.74, 6) is 0.497. The molecule has 0 radical (unpaired) electrons. The second-order valence-corrected chi connectivity index (χ2v) is 4.70. The van der Waals surface area contributed by atoms with E-state index in [0.717, 1.165) is 6.42 Å². The number of piperidine rings is 1. The summed E-state index contributed by atoms with van der Waals surface area (Å²) in [6.07, 6.45) is 0.740. The summed E-state index contributed by atoms with van der Waals surface area (Å²) in [6, 6.07) is 7.08. The minimum absolute atomic E-state index is 0.0372. The van der Waals surface area contributed by atoms with E-state index in [1.54, 1.807) is 24.3 Å². The van der Waals surface area contributed by atoms with Crippen molar-refractivity contribution in [2.75, 3.05) is 18.9 Å². The van der Waals surface area contributed by atoms with Crippen LogP contribution in [0, 0.1) is 11.8 Å². The van der Waals surface area contributed by atoms with Gasteiger partial charge in [-0.05, 0) is 18.6 Å². The molecule has 2 amide bonds. The number of carbonyl (C=O) groups is 2. The lowest BCUT2D eigenvalue weighted by Gasteiger charge is -2.16. The number of rotatable bonds is 4. The van der Waals surface area contributed by atoms with E-state index in [-0.39, 0.29) is 23.7 Å². The second kappa shape index (κ2) is 4.01. The van der Waals surface area contributed by atoms with Crippen LogP contribution in [-0.2, 0) is 9.59 Å². The molecule has 0 spiro atoms. The predicted molar refractivity (Wildman–Crippen MR) is 64.7 cm³/mol. The minimum Gasteiger partial charge on any atom is -0.492 e. The van der Waals surface area contributed by atoms with Crippen LogP contribution >= 0.6 is 0 Å². The largest absolute Gasteiger partial charge is 0.492 e. The molecular formula is C13H14N2O3. The average molecular weight is 246 g/mol. The van der Waals surface area contributed by atoms with Crippen LogP contribution in [0.25, 0.3) is 0 Å². The fraction of sp³-hybridized carbons (Fsp3) is 0.385. The molecule has 3 rings (SSSR count). The first kappa shape index (κ1) is 11.1. The number of nitrogens with zero attached hydrogens (tertiary/aromatic N) is 1. The molecular weight excluding hydrogens is 232 g/mol. The molecule has 0 aromatic heterocycles. The van der Waals surface area contributed by atoms with Crippen LogP contribution in [0.4, 0.5) is 5.69 Å². The number of anilines is 1. The Labute approximate surface area is 105 Å². The Kier molecular flexibility index (Phi) is 2.47. The molecule has 5 nitrogen and oxygen atoms in total. The maximum Gasteiger partial charge on any atom is 0.233 e. The van der Waals surface area contributed by atoms with Crippen LogP contribution in [0.3, 0.4) is 0 Å². The number of hydrogen-bond acceptors (Lipinski definition) is 4. The summed E-state index contributed by atoms with van der Waals surface area (Å²) in [7, 11) is 0. The third-order valence-corrected chi connectivity index (χ3v) is 3.40. The Bertz CT molecular complexity index is 495. The van der Waals surface area contributed by atoms with Crippen molar-refractivity contribution in [3.05, 3.63) is 24.3 Å². The van der Waals surface area contributed by atoms with Crippen molar-refractivity contribution in [3.8, 4) is 5.75 Å². The number of hydrogen-bond donors (Lipinski definition) is 1. The lowest BCUT2D eigenvalue weighted by molar-refractivity contribution is -0.141. The van der Waals surface area contributed by atoms with Gasteiger partial charge in [-0.15, -0.1) is 0 Å². The molecule has 2 unspecified atom stereocenters. The molecule has 1 aromatic rings. The number of nitrogens with two attached hydrogens (primary N) is 1. The van der Waals surface area contributed by atoms with Gasteiger partial charge in [0.05, 0.1) is 18.4 Å². The number of likely N-dealkylation sites (tertiary alicyclic amines) is 1. The molecule has 2 N–H and O–H groups in total. The number of amides is 2. The molecule has 2 aliphatic rings. The van der Waals surface area contributed by atoms with Gasteiger partial charge in [-0.2, -0.15) is 0 Å². The molecule has 18 heavy (non-hydrogen) atoms. The van der Waals surface area contributed by atoms with Crippen molar-refractivity contribution in [2.24, 2.45) is 11.8 Å². The van der Waals surface area contributed by atoms with Crippen LogP contribution in [0.2, 0.25) is 0 Å². The van der Waals surface area contributed by atoms with E-state index in [9.17, 15) is 9.59 Å². The van der Waals surface area contributed by atoms with Crippen LogP contribution in [0.15, 0.2) is 24.3 Å². The standard InChI is InChI=1S/C13H14N2O3/c14-8-2-1-3-9(6-8)18-5-4-15-12(16)10-7-11(10)13(15)17/h1-3,6,10-11H,4-5,7,14H2. The number of fused-ring (bicyclic) bond motifs is 1. The second-order valence-electron chi connectivity index (χ2n) is 4.70. The number of benzene rings is 1. The smallest absolute Gasteiger partial charge is 0.233 e. The molecule has 2 fully saturated rings. The topological polar surface area (TPSA) is 72.6 Å². The quantitative estimate of drug-likeness (QED) is 0.625. The van der Waals surface area contributed by atoms with Gasteiger partial charge in [0.15, 0.2) is 0 Å². The first-order chi connectivity index (χ1) is 8.66. The first-order valence-corrected chi connectivity index (χ1v) is 6.00. The number of imide groups is 1. The van der Waals surface area contributed by atoms with E-state index in [2.05, 4.69) is 0 Å². The predicted octanol–water partition coefficient (Wildman–Crippen LogP) is 0.652. The number of nitrogen functional groups attached to an aromatic ring is 1. The first-order valence-electron chi connectivity index (χ1n) is 6.00. The molecule has 94 valence electrons. The van der Waals surface area contributed by atoms with E-state index >= 15 is 0 Å². The SMILES string of the molecule is Nc1cccc(OCCN2C(=O)C3CC3C2=O)c1. The lowest BCUT2D eigenvalue weighted by Crippen LogP contribution is -2.36. The third-order valence-electron chi connectivity index (χ3n) is 3.40. The van der Waals surface area contributed by atoms with Crippen LogP contribution in [0.1, 0.15) is 6.42 Å². The van der Waals surface area contributed by atoms with Crippen molar-refractivity contribution >= 4 is 17.5 Å². The highest BCUT2D eigenvalue weighted by molar-refractivity contribution is 6.08. The Balaban J connectivity index is 1.53. The van der Waals surface area contributed by atoms with Gasteiger partial charge in [0.25, 0.3) is 0 Å². The normalized spacial score (nSPS) is 25.2. The monoisotopic (exact) mass is 246 g/mol. The lowest BCUT2D eigenvalue weighted by atomic mass is 10.3. The molecule has 1 aromatic carbocycles. The Morgan fingerprint density at radius 2 is 2.00 bits per heavy atom. The van der Waals surface area contributed by atoms with E-state index in [1.807, 2.05) is 0 Å². The summed E-state index contributed by atoms with van der Waals surface area (Å²) in [6.45, 7) is 0.625. The molecule has 1 aliphatic carbocycles. The van der Waals surface area contributed by atoms with E-state index in [0.29, 0.717) is 24.6 Å². The van der Waals surface area contributed by atoms with E-state index in [4.69, 9.17) is 10.5 Å². The molecule has 1 saturated heterocycles. The molecule has 5 heteroatoms. The van der Waals surface area contributed by atoms with Gasteiger partial charge < -0.3 is 10.5 Å². The van der Waals surface area contributed by atoms with Crippen molar-refractivity contribution in [3.63, 3.8) is 0 Å². The summed E-state index contributed by atoms with van der Waals surface area (Å²) in [5, 5.41) is 0. The van der Waals surface area contributed by atoms with Gasteiger partial charge in [0.2, 0.25) is 11.8 Å². The van der Waals surface area contributed by atoms with Gasteiger partial charge in [-0.1, -0.05) is 6.07 Å². The van der Waals surface area contributed by atoms with E-state index in [1.165, 1.54) is 4.90 Å². The van der Waals surface area contributed by atoms with Crippen LogP contribution < -0.4 is 10.5 Å². The fourth-order valence-corrected chi connectivity index (χ4v) is 2.33. The highest BCUT2D eigenvalue weighted by atomic mass is 16.5. The maximum atomic E-state index is 11.7. The third kappa shape index (κ3) is 1.81. The molecule has 1 aliphatic heterocycles. The summed E-state index contributed by atoms with van der Waals surface area (Å²) >= 11 is 0. The van der Waals surface area contributed by atoms with Crippen molar-refractivity contribution in [1.82, 2.24) is 4.90 Å².